The van der Waals surface area contributed by atoms with E-state index in [1.165, 1.54) is 19.4 Å². The molecule has 29 heavy (non-hydrogen) atoms. The summed E-state index contributed by atoms with van der Waals surface area (Å²) in [7, 11) is 1.44. The molecule has 0 saturated heterocycles. The van der Waals surface area contributed by atoms with Gasteiger partial charge in [0.1, 0.15) is 12.4 Å². The zero-order valence-corrected chi connectivity index (χ0v) is 16.0. The molecule has 3 rings (SSSR count). The van der Waals surface area contributed by atoms with Gasteiger partial charge in [0.05, 0.1) is 18.2 Å². The van der Waals surface area contributed by atoms with Crippen molar-refractivity contribution < 1.29 is 14.4 Å². The lowest BCUT2D eigenvalue weighted by Gasteiger charge is -2.13. The van der Waals surface area contributed by atoms with Crippen molar-refractivity contribution >= 4 is 17.7 Å². The summed E-state index contributed by atoms with van der Waals surface area (Å²) in [6.07, 6.45) is 3.08. The number of rotatable bonds is 8. The third-order valence-electron chi connectivity index (χ3n) is 4.17. The monoisotopic (exact) mass is 392 g/mol. The molecule has 0 saturated carbocycles. The number of hydrogen-bond donors (Lipinski definition) is 1. The second-order valence-electron chi connectivity index (χ2n) is 6.13. The highest BCUT2D eigenvalue weighted by Gasteiger charge is 2.22. The first-order valence-corrected chi connectivity index (χ1v) is 8.82. The van der Waals surface area contributed by atoms with Crippen molar-refractivity contribution in [1.29, 1.82) is 0 Å². The third kappa shape index (κ3) is 5.07. The maximum atomic E-state index is 11.6. The molecule has 8 heteroatoms. The second-order valence-corrected chi connectivity index (χ2v) is 6.13. The Morgan fingerprint density at radius 1 is 1.21 bits per heavy atom. The predicted octanol–water partition coefficient (Wildman–Crippen LogP) is 4.33. The quantitative estimate of drug-likeness (QED) is 0.348. The van der Waals surface area contributed by atoms with Crippen molar-refractivity contribution in [2.45, 2.75) is 13.5 Å². The van der Waals surface area contributed by atoms with Crippen LogP contribution in [0.25, 0.3) is 0 Å². The van der Waals surface area contributed by atoms with Gasteiger partial charge in [-0.1, -0.05) is 30.3 Å². The van der Waals surface area contributed by atoms with Gasteiger partial charge >= 0.3 is 5.69 Å². The number of nitrogens with one attached hydrogen (secondary N) is 1. The second kappa shape index (κ2) is 9.32. The van der Waals surface area contributed by atoms with E-state index < -0.39 is 4.92 Å². The molecule has 0 fully saturated rings. The standard InChI is InChI=1S/C21H20N4O4/c1-15-7-3-4-8-17(15)14-29-21-18(25(26)27)11-16(12-19(21)28-2)13-23-24-20-9-5-6-10-22-20/h3-13H,14H2,1-2H3,(H,22,24)/b23-13+. The molecule has 1 aromatic heterocycles. The van der Waals surface area contributed by atoms with Gasteiger partial charge in [0.25, 0.3) is 0 Å². The van der Waals surface area contributed by atoms with Crippen LogP contribution in [0.5, 0.6) is 11.5 Å². The van der Waals surface area contributed by atoms with Crippen LogP contribution in [-0.2, 0) is 6.61 Å². The summed E-state index contributed by atoms with van der Waals surface area (Å²) in [5.74, 6) is 0.894. The van der Waals surface area contributed by atoms with E-state index in [4.69, 9.17) is 9.47 Å². The largest absolute Gasteiger partial charge is 0.493 e. The van der Waals surface area contributed by atoms with Gasteiger partial charge in [-0.15, -0.1) is 0 Å². The Labute approximate surface area is 168 Å². The number of anilines is 1. The highest BCUT2D eigenvalue weighted by atomic mass is 16.6. The molecule has 0 radical (unpaired) electrons. The lowest BCUT2D eigenvalue weighted by Crippen LogP contribution is -2.04. The van der Waals surface area contributed by atoms with E-state index in [2.05, 4.69) is 15.5 Å². The predicted molar refractivity (Wildman–Crippen MR) is 111 cm³/mol. The molecule has 8 nitrogen and oxygen atoms in total. The number of aryl methyl sites for hydroxylation is 1. The summed E-state index contributed by atoms with van der Waals surface area (Å²) in [5, 5.41) is 15.7. The number of nitro benzene ring substituents is 1. The first kappa shape index (κ1) is 19.8. The Kier molecular flexibility index (Phi) is 6.36. The summed E-state index contributed by atoms with van der Waals surface area (Å²) < 4.78 is 11.1. The van der Waals surface area contributed by atoms with Crippen LogP contribution in [0.15, 0.2) is 65.9 Å². The number of benzene rings is 2. The summed E-state index contributed by atoms with van der Waals surface area (Å²) >= 11 is 0. The minimum Gasteiger partial charge on any atom is -0.493 e. The van der Waals surface area contributed by atoms with E-state index in [9.17, 15) is 10.1 Å². The maximum Gasteiger partial charge on any atom is 0.315 e. The van der Waals surface area contributed by atoms with E-state index in [-0.39, 0.29) is 23.8 Å². The van der Waals surface area contributed by atoms with Gasteiger partial charge in [0.15, 0.2) is 5.75 Å². The van der Waals surface area contributed by atoms with Crippen molar-refractivity contribution in [2.75, 3.05) is 12.5 Å². The maximum absolute atomic E-state index is 11.6. The Morgan fingerprint density at radius 2 is 2.00 bits per heavy atom. The van der Waals surface area contributed by atoms with Crippen molar-refractivity contribution in [3.63, 3.8) is 0 Å². The topological polar surface area (TPSA) is 98.9 Å². The van der Waals surface area contributed by atoms with Crippen LogP contribution >= 0.6 is 0 Å². The summed E-state index contributed by atoms with van der Waals surface area (Å²) in [6, 6.07) is 16.1. The molecule has 0 aliphatic carbocycles. The third-order valence-corrected chi connectivity index (χ3v) is 4.17. The van der Waals surface area contributed by atoms with Crippen LogP contribution in [0.3, 0.4) is 0 Å². The van der Waals surface area contributed by atoms with Crippen LogP contribution in [0.2, 0.25) is 0 Å². The number of nitro groups is 1. The van der Waals surface area contributed by atoms with Crippen molar-refractivity contribution in [1.82, 2.24) is 4.98 Å². The van der Waals surface area contributed by atoms with Gasteiger partial charge in [-0.3, -0.25) is 15.5 Å². The van der Waals surface area contributed by atoms with Crippen LogP contribution in [-0.4, -0.2) is 23.2 Å². The number of aromatic nitrogens is 1. The molecule has 0 aliphatic rings. The average Bonchev–Trinajstić information content (AvgIpc) is 2.73. The minimum absolute atomic E-state index is 0.0792. The zero-order valence-electron chi connectivity index (χ0n) is 16.0. The molecule has 0 atom stereocenters. The Bertz CT molecular complexity index is 1020. The smallest absolute Gasteiger partial charge is 0.315 e. The Hall–Kier alpha value is -3.94. The number of nitrogens with zero attached hydrogens (tertiary/aromatic N) is 3. The molecule has 0 amide bonds. The Morgan fingerprint density at radius 3 is 2.69 bits per heavy atom. The van der Waals surface area contributed by atoms with Gasteiger partial charge in [0, 0.05) is 17.8 Å². The fourth-order valence-electron chi connectivity index (χ4n) is 2.64. The van der Waals surface area contributed by atoms with E-state index in [1.54, 1.807) is 24.4 Å². The number of hydrazone groups is 1. The minimum atomic E-state index is -0.501. The highest BCUT2D eigenvalue weighted by Crippen LogP contribution is 2.38. The summed E-state index contributed by atoms with van der Waals surface area (Å²) in [6.45, 7) is 2.15. The summed E-state index contributed by atoms with van der Waals surface area (Å²) in [5.41, 5.74) is 5.03. The number of ether oxygens (including phenoxy) is 2. The lowest BCUT2D eigenvalue weighted by molar-refractivity contribution is -0.386. The van der Waals surface area contributed by atoms with Crippen molar-refractivity contribution in [2.24, 2.45) is 5.10 Å². The molecule has 1 heterocycles. The molecule has 3 aromatic rings. The van der Waals surface area contributed by atoms with Crippen molar-refractivity contribution in [3.8, 4) is 11.5 Å². The highest BCUT2D eigenvalue weighted by molar-refractivity contribution is 5.83. The molecule has 2 aromatic carbocycles. The van der Waals surface area contributed by atoms with Gasteiger partial charge in [-0.25, -0.2) is 4.98 Å². The molecule has 0 unspecified atom stereocenters. The van der Waals surface area contributed by atoms with Gasteiger partial charge in [-0.2, -0.15) is 5.10 Å². The van der Waals surface area contributed by atoms with Gasteiger partial charge in [-0.05, 0) is 36.2 Å². The SMILES string of the molecule is COc1cc(/C=N/Nc2ccccn2)cc([N+](=O)[O-])c1OCc1ccccc1C. The van der Waals surface area contributed by atoms with Gasteiger partial charge in [0.2, 0.25) is 5.75 Å². The van der Waals surface area contributed by atoms with Crippen LogP contribution in [0.1, 0.15) is 16.7 Å². The number of pyridine rings is 1. The van der Waals surface area contributed by atoms with Crippen LogP contribution in [0, 0.1) is 17.0 Å². The van der Waals surface area contributed by atoms with E-state index in [0.29, 0.717) is 11.4 Å². The first-order chi connectivity index (χ1) is 14.1. The molecule has 0 spiro atoms. The first-order valence-electron chi connectivity index (χ1n) is 8.82. The normalized spacial score (nSPS) is 10.7. The molecule has 1 N–H and O–H groups in total. The fourth-order valence-corrected chi connectivity index (χ4v) is 2.64. The lowest BCUT2D eigenvalue weighted by atomic mass is 10.1. The van der Waals surface area contributed by atoms with E-state index in [0.717, 1.165) is 11.1 Å². The number of methoxy groups -OCH3 is 1. The van der Waals surface area contributed by atoms with Crippen LogP contribution in [0.4, 0.5) is 11.5 Å². The zero-order chi connectivity index (χ0) is 20.6. The van der Waals surface area contributed by atoms with Crippen LogP contribution < -0.4 is 14.9 Å². The Balaban J connectivity index is 1.85. The molecular formula is C21H20N4O4. The fraction of sp³-hybridized carbons (Fsp3) is 0.143. The van der Waals surface area contributed by atoms with E-state index in [1.807, 2.05) is 37.3 Å². The summed E-state index contributed by atoms with van der Waals surface area (Å²) in [4.78, 5) is 15.2. The molecule has 0 bridgehead atoms. The van der Waals surface area contributed by atoms with Gasteiger partial charge < -0.3 is 9.47 Å². The molecule has 148 valence electrons. The molecular weight excluding hydrogens is 372 g/mol. The number of hydrogen-bond acceptors (Lipinski definition) is 7. The molecule has 0 aliphatic heterocycles. The van der Waals surface area contributed by atoms with E-state index >= 15 is 0 Å². The average molecular weight is 392 g/mol. The van der Waals surface area contributed by atoms with Crippen molar-refractivity contribution in [3.05, 3.63) is 87.6 Å².